The number of carbonyl (C=O) groups is 1. The second-order valence-electron chi connectivity index (χ2n) is 10.4. The maximum atomic E-state index is 12.9. The number of amides is 1. The van der Waals surface area contributed by atoms with E-state index in [-0.39, 0.29) is 14.7 Å². The number of fused-ring (bicyclic) bond motifs is 1. The normalized spacial score (nSPS) is 29.2. The van der Waals surface area contributed by atoms with Crippen molar-refractivity contribution in [1.29, 1.82) is 0 Å². The molecule has 2 aromatic rings. The number of ether oxygens (including phenoxy) is 1. The Hall–Kier alpha value is -1.37. The minimum atomic E-state index is -0.296. The monoisotopic (exact) mass is 458 g/mol. The maximum absolute atomic E-state index is 12.9. The summed E-state index contributed by atoms with van der Waals surface area (Å²) in [7, 11) is -0.296. The number of benzene rings is 1. The fraction of sp³-hybridized carbons (Fsp3) is 0.667. The van der Waals surface area contributed by atoms with Gasteiger partial charge in [0.2, 0.25) is 11.2 Å². The molecule has 1 N–H and O–H groups in total. The molecule has 0 saturated heterocycles. The molecule has 0 aliphatic heterocycles. The highest BCUT2D eigenvalue weighted by atomic mass is 35.5. The molecule has 1 aromatic heterocycles. The third kappa shape index (κ3) is 4.57. The molecule has 7 heteroatoms. The van der Waals surface area contributed by atoms with Crippen molar-refractivity contribution in [3.8, 4) is 0 Å². The largest absolute Gasteiger partial charge is 0.361 e. The number of imidazole rings is 1. The van der Waals surface area contributed by atoms with Crippen LogP contribution in [0.25, 0.3) is 11.0 Å². The molecule has 0 unspecified atom stereocenters. The molecule has 1 aromatic carbocycles. The van der Waals surface area contributed by atoms with Crippen molar-refractivity contribution in [3.63, 3.8) is 0 Å². The molecule has 4 aliphatic carbocycles. The predicted octanol–water partition coefficient (Wildman–Crippen LogP) is 5.82. The lowest BCUT2D eigenvalue weighted by Crippen LogP contribution is -2.46. The van der Waals surface area contributed by atoms with E-state index in [0.717, 1.165) is 53.0 Å². The average Bonchev–Trinajstić information content (AvgIpc) is 3.02. The van der Waals surface area contributed by atoms with Crippen LogP contribution in [-0.2, 0) is 16.3 Å². The number of aromatic nitrogens is 2. The van der Waals surface area contributed by atoms with Gasteiger partial charge in [-0.2, -0.15) is 0 Å². The Balaban J connectivity index is 1.24. The summed E-state index contributed by atoms with van der Waals surface area (Å²) in [5.41, 5.74) is 2.53. The number of nitrogens with one attached hydrogen (secondary N) is 1. The van der Waals surface area contributed by atoms with Gasteiger partial charge in [0.05, 0.1) is 11.0 Å². The van der Waals surface area contributed by atoms with Crippen LogP contribution in [0.15, 0.2) is 18.2 Å². The van der Waals surface area contributed by atoms with Crippen LogP contribution in [0.2, 0.25) is 24.4 Å². The first-order chi connectivity index (χ1) is 15.0. The summed E-state index contributed by atoms with van der Waals surface area (Å²) >= 11 is 6.36. The molecule has 6 rings (SSSR count). The molecule has 1 radical (unpaired) electrons. The molecule has 4 fully saturated rings. The zero-order chi connectivity index (χ0) is 21.5. The lowest BCUT2D eigenvalue weighted by atomic mass is 9.51. The summed E-state index contributed by atoms with van der Waals surface area (Å²) in [5, 5.41) is 3.57. The van der Waals surface area contributed by atoms with Gasteiger partial charge in [0.1, 0.15) is 6.73 Å². The predicted molar refractivity (Wildman–Crippen MR) is 127 cm³/mol. The van der Waals surface area contributed by atoms with Crippen LogP contribution in [0, 0.1) is 29.6 Å². The van der Waals surface area contributed by atoms with Crippen molar-refractivity contribution < 1.29 is 9.53 Å². The third-order valence-corrected chi connectivity index (χ3v) is 9.29. The van der Waals surface area contributed by atoms with Gasteiger partial charge >= 0.3 is 0 Å². The van der Waals surface area contributed by atoms with Gasteiger partial charge in [-0.3, -0.25) is 9.36 Å². The molecule has 31 heavy (non-hydrogen) atoms. The van der Waals surface area contributed by atoms with E-state index in [0.29, 0.717) is 24.4 Å². The van der Waals surface area contributed by atoms with Crippen molar-refractivity contribution in [2.45, 2.75) is 64.4 Å². The zero-order valence-corrected chi connectivity index (χ0v) is 20.3. The highest BCUT2D eigenvalue weighted by Gasteiger charge is 2.48. The highest BCUT2D eigenvalue weighted by Crippen LogP contribution is 2.57. The minimum Gasteiger partial charge on any atom is -0.361 e. The summed E-state index contributed by atoms with van der Waals surface area (Å²) in [6, 6.07) is 6.94. The number of anilines is 1. The minimum absolute atomic E-state index is 0.144. The van der Waals surface area contributed by atoms with Crippen LogP contribution < -0.4 is 5.32 Å². The molecule has 167 valence electrons. The van der Waals surface area contributed by atoms with Gasteiger partial charge in [-0.25, -0.2) is 4.98 Å². The SMILES string of the molecule is C[Si](C)CCOCn1c(Cl)nc2ccc(NC(=O)CC3C4CC5CC(C4)CC3C5)cc21. The van der Waals surface area contributed by atoms with Crippen molar-refractivity contribution in [1.82, 2.24) is 9.55 Å². The van der Waals surface area contributed by atoms with Gasteiger partial charge in [-0.05, 0) is 97.5 Å². The lowest BCUT2D eigenvalue weighted by Gasteiger charge is -2.54. The van der Waals surface area contributed by atoms with Crippen LogP contribution >= 0.6 is 11.6 Å². The Bertz CT molecular complexity index is 932. The van der Waals surface area contributed by atoms with Crippen molar-refractivity contribution >= 4 is 43.0 Å². The standard InChI is InChI=1S/C24H33ClN3O2Si/c1-31(2)6-5-30-14-28-22-12-19(3-4-21(22)27-24(28)25)26-23(29)13-20-17-8-15-7-16(10-17)11-18(20)9-15/h3-4,12,15-18,20H,5-11,13-14H2,1-2H3,(H,26,29). The van der Waals surface area contributed by atoms with Crippen LogP contribution in [0.3, 0.4) is 0 Å². The van der Waals surface area contributed by atoms with Crippen LogP contribution in [0.5, 0.6) is 0 Å². The number of nitrogens with zero attached hydrogens (tertiary/aromatic N) is 2. The fourth-order valence-corrected chi connectivity index (χ4v) is 7.31. The molecule has 0 atom stereocenters. The van der Waals surface area contributed by atoms with Crippen molar-refractivity contribution in [3.05, 3.63) is 23.5 Å². The molecular formula is C24H33ClN3O2Si. The molecule has 4 aliphatic rings. The van der Waals surface area contributed by atoms with E-state index in [1.54, 1.807) is 0 Å². The second kappa shape index (κ2) is 8.87. The third-order valence-electron chi connectivity index (χ3n) is 7.80. The van der Waals surface area contributed by atoms with Gasteiger partial charge in [-0.1, -0.05) is 13.1 Å². The number of hydrogen-bond acceptors (Lipinski definition) is 3. The Morgan fingerprint density at radius 2 is 1.90 bits per heavy atom. The van der Waals surface area contributed by atoms with E-state index < -0.39 is 0 Å². The van der Waals surface area contributed by atoms with E-state index in [1.807, 2.05) is 22.8 Å². The first-order valence-corrected chi connectivity index (χ1v) is 14.9. The Kier molecular flexibility index (Phi) is 6.14. The van der Waals surface area contributed by atoms with Crippen LogP contribution in [0.1, 0.15) is 38.5 Å². The van der Waals surface area contributed by atoms with Crippen LogP contribution in [0.4, 0.5) is 5.69 Å². The quantitative estimate of drug-likeness (QED) is 0.400. The fourth-order valence-electron chi connectivity index (χ4n) is 6.52. The molecule has 5 nitrogen and oxygen atoms in total. The summed E-state index contributed by atoms with van der Waals surface area (Å²) in [4.78, 5) is 17.4. The molecule has 4 saturated carbocycles. The zero-order valence-electron chi connectivity index (χ0n) is 18.6. The molecule has 1 amide bonds. The number of carbonyl (C=O) groups excluding carboxylic acids is 1. The molecule has 4 bridgehead atoms. The van der Waals surface area contributed by atoms with Crippen LogP contribution in [-0.4, -0.2) is 30.9 Å². The summed E-state index contributed by atoms with van der Waals surface area (Å²) in [6.07, 6.45) is 7.53. The van der Waals surface area contributed by atoms with Gasteiger partial charge in [-0.15, -0.1) is 0 Å². The summed E-state index contributed by atoms with van der Waals surface area (Å²) < 4.78 is 7.71. The van der Waals surface area contributed by atoms with E-state index in [1.165, 1.54) is 32.1 Å². The number of hydrogen-bond donors (Lipinski definition) is 1. The lowest BCUT2D eigenvalue weighted by molar-refractivity contribution is -0.121. The molecular weight excluding hydrogens is 426 g/mol. The highest BCUT2D eigenvalue weighted by molar-refractivity contribution is 6.55. The summed E-state index contributed by atoms with van der Waals surface area (Å²) in [5.74, 6) is 4.15. The number of rotatable bonds is 8. The Morgan fingerprint density at radius 1 is 1.19 bits per heavy atom. The van der Waals surface area contributed by atoms with E-state index >= 15 is 0 Å². The van der Waals surface area contributed by atoms with E-state index in [4.69, 9.17) is 16.3 Å². The average molecular weight is 459 g/mol. The molecule has 1 heterocycles. The topological polar surface area (TPSA) is 56.1 Å². The van der Waals surface area contributed by atoms with Crippen molar-refractivity contribution in [2.24, 2.45) is 29.6 Å². The van der Waals surface area contributed by atoms with Gasteiger partial charge in [0.25, 0.3) is 0 Å². The second-order valence-corrected chi connectivity index (χ2v) is 13.6. The van der Waals surface area contributed by atoms with Gasteiger partial charge in [0, 0.05) is 27.5 Å². The van der Waals surface area contributed by atoms with Gasteiger partial charge in [0.15, 0.2) is 0 Å². The van der Waals surface area contributed by atoms with Gasteiger partial charge < -0.3 is 10.1 Å². The Morgan fingerprint density at radius 3 is 2.58 bits per heavy atom. The first-order valence-electron chi connectivity index (χ1n) is 11.8. The van der Waals surface area contributed by atoms with E-state index in [9.17, 15) is 4.79 Å². The number of halogens is 1. The summed E-state index contributed by atoms with van der Waals surface area (Å²) in [6.45, 7) is 5.69. The smallest absolute Gasteiger partial charge is 0.224 e. The van der Waals surface area contributed by atoms with Crippen molar-refractivity contribution in [2.75, 3.05) is 11.9 Å². The molecule has 0 spiro atoms. The van der Waals surface area contributed by atoms with E-state index in [2.05, 4.69) is 23.4 Å². The maximum Gasteiger partial charge on any atom is 0.224 e. The first kappa shape index (κ1) is 21.5. The Labute approximate surface area is 191 Å².